The van der Waals surface area contributed by atoms with E-state index in [4.69, 9.17) is 11.6 Å². The summed E-state index contributed by atoms with van der Waals surface area (Å²) in [6.45, 7) is 0.334. The molecule has 4 aromatic rings. The van der Waals surface area contributed by atoms with E-state index in [-0.39, 0.29) is 16.3 Å². The van der Waals surface area contributed by atoms with Crippen molar-refractivity contribution in [3.8, 4) is 11.1 Å². The van der Waals surface area contributed by atoms with Crippen LogP contribution < -0.4 is 4.90 Å². The molecule has 1 aliphatic heterocycles. The van der Waals surface area contributed by atoms with Gasteiger partial charge in [0.05, 0.1) is 9.79 Å². The van der Waals surface area contributed by atoms with Crippen LogP contribution in [0.2, 0.25) is 5.02 Å². The number of hydrogen-bond donors (Lipinski definition) is 0. The zero-order chi connectivity index (χ0) is 29.2. The first-order valence-corrected chi connectivity index (χ1v) is 16.8. The fraction of sp³-hybridized carbons (Fsp3) is 0.194. The number of benzene rings is 4. The zero-order valence-electron chi connectivity index (χ0n) is 22.4. The van der Waals surface area contributed by atoms with Crippen molar-refractivity contribution in [1.82, 2.24) is 4.31 Å². The largest absolute Gasteiger partial charge is 0.311 e. The smallest absolute Gasteiger partial charge is 0.245 e. The van der Waals surface area contributed by atoms with Crippen LogP contribution in [0, 0.1) is 0 Å². The molecule has 10 heteroatoms. The molecular formula is C31H29ClN2O5S2. The molecule has 4 aromatic carbocycles. The van der Waals surface area contributed by atoms with Gasteiger partial charge in [-0.1, -0.05) is 78.3 Å². The van der Waals surface area contributed by atoms with Crippen molar-refractivity contribution in [3.63, 3.8) is 0 Å². The van der Waals surface area contributed by atoms with E-state index in [1.807, 2.05) is 60.7 Å². The van der Waals surface area contributed by atoms with Gasteiger partial charge >= 0.3 is 0 Å². The summed E-state index contributed by atoms with van der Waals surface area (Å²) >= 11 is 6.01. The summed E-state index contributed by atoms with van der Waals surface area (Å²) in [5.41, 5.74) is 2.42. The van der Waals surface area contributed by atoms with E-state index in [0.29, 0.717) is 35.7 Å². The van der Waals surface area contributed by atoms with Gasteiger partial charge in [-0.05, 0) is 60.4 Å². The van der Waals surface area contributed by atoms with E-state index >= 15 is 0 Å². The van der Waals surface area contributed by atoms with E-state index < -0.39 is 31.8 Å². The lowest BCUT2D eigenvalue weighted by Gasteiger charge is -2.38. The van der Waals surface area contributed by atoms with Crippen molar-refractivity contribution >= 4 is 43.1 Å². The van der Waals surface area contributed by atoms with Gasteiger partial charge in [0.15, 0.2) is 9.84 Å². The molecular weight excluding hydrogens is 580 g/mol. The first-order valence-electron chi connectivity index (χ1n) is 13.1. The summed E-state index contributed by atoms with van der Waals surface area (Å²) in [5.74, 6) is -0.406. The lowest BCUT2D eigenvalue weighted by Crippen LogP contribution is -2.54. The highest BCUT2D eigenvalue weighted by Gasteiger charge is 2.40. The third kappa shape index (κ3) is 6.23. The summed E-state index contributed by atoms with van der Waals surface area (Å²) < 4.78 is 54.8. The maximum absolute atomic E-state index is 14.1. The van der Waals surface area contributed by atoms with Crippen molar-refractivity contribution in [2.24, 2.45) is 0 Å². The van der Waals surface area contributed by atoms with Gasteiger partial charge < -0.3 is 4.90 Å². The maximum Gasteiger partial charge on any atom is 0.245 e. The molecule has 7 nitrogen and oxygen atoms in total. The Bertz CT molecular complexity index is 1760. The molecule has 1 heterocycles. The predicted octanol–water partition coefficient (Wildman–Crippen LogP) is 5.80. The standard InChI is InChI=1S/C31H29ClN2O5S2/c1-40(36,37)30-21-26(16-19-28(30)24-11-6-3-7-12-24)33-20-8-13-29(31(33)35)34(22-23-9-4-2-5-10-23)41(38,39)27-17-14-25(32)15-18-27/h2-7,9-12,14-19,21,29H,8,13,20,22H2,1H3. The molecule has 1 unspecified atom stereocenters. The van der Waals surface area contributed by atoms with Crippen molar-refractivity contribution in [2.45, 2.75) is 35.2 Å². The summed E-state index contributed by atoms with van der Waals surface area (Å²) in [4.78, 5) is 15.7. The molecule has 0 bridgehead atoms. The number of halogens is 1. The molecule has 0 saturated carbocycles. The Morgan fingerprint density at radius 2 is 1.49 bits per heavy atom. The first-order chi connectivity index (χ1) is 19.6. The van der Waals surface area contributed by atoms with Crippen LogP contribution in [0.25, 0.3) is 11.1 Å². The molecule has 1 saturated heterocycles. The molecule has 1 atom stereocenters. The Morgan fingerprint density at radius 1 is 0.854 bits per heavy atom. The van der Waals surface area contributed by atoms with E-state index in [9.17, 15) is 21.6 Å². The third-order valence-corrected chi connectivity index (χ3v) is 10.4. The minimum absolute atomic E-state index is 0.00240. The van der Waals surface area contributed by atoms with Crippen molar-refractivity contribution in [1.29, 1.82) is 0 Å². The number of carbonyl (C=O) groups excluding carboxylic acids is 1. The molecule has 1 fully saturated rings. The maximum atomic E-state index is 14.1. The highest BCUT2D eigenvalue weighted by molar-refractivity contribution is 7.91. The average Bonchev–Trinajstić information content (AvgIpc) is 2.97. The van der Waals surface area contributed by atoms with Gasteiger partial charge in [0.2, 0.25) is 15.9 Å². The minimum atomic E-state index is -4.10. The van der Waals surface area contributed by atoms with Crippen LogP contribution in [-0.2, 0) is 31.2 Å². The molecule has 0 aliphatic carbocycles. The highest BCUT2D eigenvalue weighted by atomic mass is 35.5. The number of hydrogen-bond acceptors (Lipinski definition) is 5. The number of sulfone groups is 1. The predicted molar refractivity (Wildman–Crippen MR) is 161 cm³/mol. The van der Waals surface area contributed by atoms with Gasteiger partial charge in [0.25, 0.3) is 0 Å². The molecule has 5 rings (SSSR count). The van der Waals surface area contributed by atoms with Crippen molar-refractivity contribution in [2.75, 3.05) is 17.7 Å². The Morgan fingerprint density at radius 3 is 2.12 bits per heavy atom. The monoisotopic (exact) mass is 608 g/mol. The van der Waals surface area contributed by atoms with Crippen LogP contribution >= 0.6 is 11.6 Å². The van der Waals surface area contributed by atoms with Gasteiger partial charge in [-0.3, -0.25) is 4.79 Å². The Hall–Kier alpha value is -3.50. The normalized spacial score (nSPS) is 16.2. The number of rotatable bonds is 8. The highest BCUT2D eigenvalue weighted by Crippen LogP contribution is 2.34. The minimum Gasteiger partial charge on any atom is -0.311 e. The van der Waals surface area contributed by atoms with Crippen LogP contribution in [0.5, 0.6) is 0 Å². The summed E-state index contributed by atoms with van der Waals surface area (Å²) in [5, 5.41) is 0.402. The van der Waals surface area contributed by atoms with Crippen LogP contribution in [0.4, 0.5) is 5.69 Å². The van der Waals surface area contributed by atoms with Crippen LogP contribution in [0.1, 0.15) is 18.4 Å². The quantitative estimate of drug-likeness (QED) is 0.252. The van der Waals surface area contributed by atoms with Crippen molar-refractivity contribution in [3.05, 3.63) is 114 Å². The zero-order valence-corrected chi connectivity index (χ0v) is 24.7. The van der Waals surface area contributed by atoms with Gasteiger partial charge in [-0.15, -0.1) is 0 Å². The lowest BCUT2D eigenvalue weighted by molar-refractivity contribution is -0.123. The molecule has 1 amide bonds. The average molecular weight is 609 g/mol. The molecule has 41 heavy (non-hydrogen) atoms. The number of amides is 1. The Kier molecular flexibility index (Phi) is 8.33. The van der Waals surface area contributed by atoms with E-state index in [2.05, 4.69) is 0 Å². The molecule has 0 spiro atoms. The number of piperidine rings is 1. The number of carbonyl (C=O) groups is 1. The van der Waals surface area contributed by atoms with E-state index in [1.165, 1.54) is 39.5 Å². The molecule has 212 valence electrons. The summed E-state index contributed by atoms with van der Waals surface area (Å²) in [6.07, 6.45) is 2.00. The van der Waals surface area contributed by atoms with Crippen LogP contribution in [0.3, 0.4) is 0 Å². The summed E-state index contributed by atoms with van der Waals surface area (Å²) in [7, 11) is -7.75. The first kappa shape index (κ1) is 29.0. The van der Waals surface area contributed by atoms with E-state index in [0.717, 1.165) is 17.4 Å². The second-order valence-electron chi connectivity index (χ2n) is 9.96. The number of sulfonamides is 1. The lowest BCUT2D eigenvalue weighted by atomic mass is 10.0. The van der Waals surface area contributed by atoms with E-state index in [1.54, 1.807) is 12.1 Å². The third-order valence-electron chi connectivity index (χ3n) is 7.12. The van der Waals surface area contributed by atoms with Crippen LogP contribution in [0.15, 0.2) is 113 Å². The number of nitrogens with zero attached hydrogens (tertiary/aromatic N) is 2. The van der Waals surface area contributed by atoms with Crippen LogP contribution in [-0.4, -0.2) is 45.9 Å². The Balaban J connectivity index is 1.55. The number of anilines is 1. The SMILES string of the molecule is CS(=O)(=O)c1cc(N2CCCC(N(Cc3ccccc3)S(=O)(=O)c3ccc(Cl)cc3)C2=O)ccc1-c1ccccc1. The van der Waals surface area contributed by atoms with Gasteiger partial charge in [-0.2, -0.15) is 4.31 Å². The second kappa shape index (κ2) is 11.8. The molecule has 0 radical (unpaired) electrons. The summed E-state index contributed by atoms with van der Waals surface area (Å²) in [6, 6.07) is 28.1. The fourth-order valence-electron chi connectivity index (χ4n) is 5.09. The topological polar surface area (TPSA) is 91.8 Å². The molecule has 1 aliphatic rings. The van der Waals surface area contributed by atoms with Crippen molar-refractivity contribution < 1.29 is 21.6 Å². The molecule has 0 aromatic heterocycles. The van der Waals surface area contributed by atoms with Gasteiger partial charge in [0, 0.05) is 35.6 Å². The van der Waals surface area contributed by atoms with Gasteiger partial charge in [0.1, 0.15) is 6.04 Å². The second-order valence-corrected chi connectivity index (χ2v) is 14.3. The Labute approximate surface area is 246 Å². The fourth-order valence-corrected chi connectivity index (χ4v) is 7.74. The molecule has 0 N–H and O–H groups in total. The van der Waals surface area contributed by atoms with Gasteiger partial charge in [-0.25, -0.2) is 16.8 Å².